The minimum absolute atomic E-state index is 0.0703. The number of nitrogens with zero attached hydrogens (tertiary/aromatic N) is 8. The van der Waals surface area contributed by atoms with Gasteiger partial charge in [-0.25, -0.2) is 14.5 Å². The lowest BCUT2D eigenvalue weighted by Gasteiger charge is -2.20. The molecular weight excluding hydrogens is 464 g/mol. The maximum Gasteiger partial charge on any atom is 0.262 e. The van der Waals surface area contributed by atoms with Crippen LogP contribution in [0.2, 0.25) is 0 Å². The Morgan fingerprint density at radius 3 is 2.68 bits per heavy atom. The first-order valence-electron chi connectivity index (χ1n) is 12.5. The second kappa shape index (κ2) is 8.26. The van der Waals surface area contributed by atoms with Crippen molar-refractivity contribution in [3.63, 3.8) is 0 Å². The van der Waals surface area contributed by atoms with E-state index in [0.29, 0.717) is 17.1 Å². The van der Waals surface area contributed by atoms with Crippen molar-refractivity contribution >= 4 is 33.3 Å². The molecule has 4 aromatic heterocycles. The maximum absolute atomic E-state index is 13.6. The largest absolute Gasteiger partial charge is 0.355 e. The summed E-state index contributed by atoms with van der Waals surface area (Å²) in [6, 6.07) is 17.6. The number of hydrogen-bond donors (Lipinski definition) is 0. The Morgan fingerprint density at radius 2 is 1.84 bits per heavy atom. The Kier molecular flexibility index (Phi) is 4.85. The van der Waals surface area contributed by atoms with E-state index in [2.05, 4.69) is 27.4 Å². The van der Waals surface area contributed by atoms with E-state index in [9.17, 15) is 4.79 Å². The van der Waals surface area contributed by atoms with Crippen molar-refractivity contribution in [2.75, 3.05) is 18.0 Å². The van der Waals surface area contributed by atoms with Crippen LogP contribution in [0, 0.1) is 6.92 Å². The minimum atomic E-state index is -0.0703. The van der Waals surface area contributed by atoms with Gasteiger partial charge in [0.2, 0.25) is 0 Å². The predicted molar refractivity (Wildman–Crippen MR) is 143 cm³/mol. The van der Waals surface area contributed by atoms with Gasteiger partial charge in [-0.1, -0.05) is 24.3 Å². The Labute approximate surface area is 212 Å². The van der Waals surface area contributed by atoms with Gasteiger partial charge in [0, 0.05) is 43.7 Å². The van der Waals surface area contributed by atoms with Crippen molar-refractivity contribution in [2.45, 2.75) is 25.8 Å². The van der Waals surface area contributed by atoms with E-state index in [-0.39, 0.29) is 12.1 Å². The maximum atomic E-state index is 13.6. The average Bonchev–Trinajstić information content (AvgIpc) is 3.66. The van der Waals surface area contributed by atoms with Crippen molar-refractivity contribution in [1.82, 2.24) is 33.9 Å². The summed E-state index contributed by atoms with van der Waals surface area (Å²) in [7, 11) is 1.95. The van der Waals surface area contributed by atoms with Gasteiger partial charge in [-0.3, -0.25) is 14.0 Å². The van der Waals surface area contributed by atoms with Crippen LogP contribution in [0.15, 0.2) is 71.8 Å². The van der Waals surface area contributed by atoms with E-state index in [0.717, 1.165) is 53.1 Å². The lowest BCUT2D eigenvalue weighted by molar-refractivity contribution is 0.724. The number of rotatable bonds is 4. The predicted octanol–water partition coefficient (Wildman–Crippen LogP) is 3.68. The number of para-hydroxylation sites is 2. The Hall–Kier alpha value is -4.53. The van der Waals surface area contributed by atoms with Gasteiger partial charge in [0.15, 0.2) is 5.82 Å². The molecule has 37 heavy (non-hydrogen) atoms. The number of fused-ring (bicyclic) bond motifs is 4. The molecule has 7 rings (SSSR count). The Balaban J connectivity index is 1.34. The zero-order valence-electron chi connectivity index (χ0n) is 20.7. The fraction of sp³-hybridized carbons (Fsp3) is 0.250. The van der Waals surface area contributed by atoms with Crippen molar-refractivity contribution in [2.24, 2.45) is 7.05 Å². The van der Waals surface area contributed by atoms with Crippen LogP contribution >= 0.6 is 0 Å². The molecule has 0 saturated carbocycles. The summed E-state index contributed by atoms with van der Waals surface area (Å²) in [5.74, 6) is 1.93. The van der Waals surface area contributed by atoms with Crippen LogP contribution in [-0.2, 0) is 13.6 Å². The molecule has 1 atom stereocenters. The SMILES string of the molecule is Cc1cc2n(Cc3nc(N4CCC(c5cnn(C)c5)C4)c4ccccc4n3)c(=O)c3ccccc3n2n1. The second-order valence-corrected chi connectivity index (χ2v) is 9.82. The molecule has 0 radical (unpaired) electrons. The van der Waals surface area contributed by atoms with Crippen molar-refractivity contribution in [3.8, 4) is 0 Å². The van der Waals surface area contributed by atoms with E-state index in [4.69, 9.17) is 9.97 Å². The summed E-state index contributed by atoms with van der Waals surface area (Å²) in [5, 5.41) is 10.7. The summed E-state index contributed by atoms with van der Waals surface area (Å²) in [6.07, 6.45) is 5.10. The van der Waals surface area contributed by atoms with Gasteiger partial charge < -0.3 is 4.90 Å². The molecule has 5 heterocycles. The minimum Gasteiger partial charge on any atom is -0.355 e. The molecule has 2 aromatic carbocycles. The lowest BCUT2D eigenvalue weighted by Crippen LogP contribution is -2.26. The van der Waals surface area contributed by atoms with E-state index in [1.165, 1.54) is 5.56 Å². The molecule has 1 fully saturated rings. The molecule has 9 nitrogen and oxygen atoms in total. The molecule has 0 N–H and O–H groups in total. The van der Waals surface area contributed by atoms with E-state index in [1.54, 1.807) is 4.57 Å². The number of aryl methyl sites for hydroxylation is 2. The first-order valence-corrected chi connectivity index (χ1v) is 12.5. The third-order valence-corrected chi connectivity index (χ3v) is 7.31. The highest BCUT2D eigenvalue weighted by atomic mass is 16.1. The summed E-state index contributed by atoms with van der Waals surface area (Å²) in [6.45, 7) is 3.97. The highest BCUT2D eigenvalue weighted by Gasteiger charge is 2.27. The lowest BCUT2D eigenvalue weighted by atomic mass is 10.0. The molecule has 1 saturated heterocycles. The van der Waals surface area contributed by atoms with Gasteiger partial charge >= 0.3 is 0 Å². The fourth-order valence-corrected chi connectivity index (χ4v) is 5.53. The topological polar surface area (TPSA) is 86.1 Å². The Bertz CT molecular complexity index is 1860. The normalized spacial score (nSPS) is 15.9. The smallest absolute Gasteiger partial charge is 0.262 e. The molecular formula is C28H26N8O. The summed E-state index contributed by atoms with van der Waals surface area (Å²) < 4.78 is 5.43. The second-order valence-electron chi connectivity index (χ2n) is 9.82. The third-order valence-electron chi connectivity index (χ3n) is 7.31. The fourth-order valence-electron chi connectivity index (χ4n) is 5.53. The standard InChI is InChI=1S/C28H26N8O/c1-18-13-26-35(28(37)22-8-4-6-10-24(22)36(26)32-18)17-25-30-23-9-5-3-7-21(23)27(31-25)34-12-11-19(16-34)20-14-29-33(2)15-20/h3-10,13-15,19H,11-12,16-17H2,1-2H3. The summed E-state index contributed by atoms with van der Waals surface area (Å²) in [5.41, 5.74) is 4.44. The van der Waals surface area contributed by atoms with Crippen LogP contribution in [0.25, 0.3) is 27.5 Å². The molecule has 1 aliphatic rings. The van der Waals surface area contributed by atoms with Crippen LogP contribution in [0.1, 0.15) is 29.4 Å². The molecule has 0 bridgehead atoms. The Morgan fingerprint density at radius 1 is 1.03 bits per heavy atom. The van der Waals surface area contributed by atoms with Crippen molar-refractivity contribution in [3.05, 3.63) is 94.4 Å². The molecule has 0 amide bonds. The van der Waals surface area contributed by atoms with Crippen LogP contribution in [0.4, 0.5) is 5.82 Å². The number of aromatic nitrogens is 7. The summed E-state index contributed by atoms with van der Waals surface area (Å²) in [4.78, 5) is 25.9. The summed E-state index contributed by atoms with van der Waals surface area (Å²) >= 11 is 0. The highest BCUT2D eigenvalue weighted by Crippen LogP contribution is 2.33. The number of benzene rings is 2. The molecule has 0 aliphatic carbocycles. The van der Waals surface area contributed by atoms with Gasteiger partial charge in [-0.2, -0.15) is 10.2 Å². The molecule has 9 heteroatoms. The van der Waals surface area contributed by atoms with Gasteiger partial charge in [0.1, 0.15) is 11.5 Å². The van der Waals surface area contributed by atoms with Gasteiger partial charge in [0.25, 0.3) is 5.56 Å². The first-order chi connectivity index (χ1) is 18.0. The highest BCUT2D eigenvalue weighted by molar-refractivity contribution is 5.89. The van der Waals surface area contributed by atoms with Gasteiger partial charge in [-0.15, -0.1) is 0 Å². The molecule has 0 spiro atoms. The van der Waals surface area contributed by atoms with Gasteiger partial charge in [0.05, 0.1) is 34.9 Å². The number of hydrogen-bond acceptors (Lipinski definition) is 6. The third kappa shape index (κ3) is 3.57. The zero-order valence-corrected chi connectivity index (χ0v) is 20.7. The zero-order chi connectivity index (χ0) is 25.1. The van der Waals surface area contributed by atoms with E-state index >= 15 is 0 Å². The van der Waals surface area contributed by atoms with E-state index < -0.39 is 0 Å². The first kappa shape index (κ1) is 21.7. The van der Waals surface area contributed by atoms with Crippen LogP contribution < -0.4 is 10.5 Å². The van der Waals surface area contributed by atoms with Crippen molar-refractivity contribution in [1.29, 1.82) is 0 Å². The van der Waals surface area contributed by atoms with Crippen molar-refractivity contribution < 1.29 is 0 Å². The van der Waals surface area contributed by atoms with Crippen LogP contribution in [0.3, 0.4) is 0 Å². The quantitative estimate of drug-likeness (QED) is 0.375. The van der Waals surface area contributed by atoms with Gasteiger partial charge in [-0.05, 0) is 43.2 Å². The molecule has 184 valence electrons. The number of anilines is 1. The van der Waals surface area contributed by atoms with Crippen LogP contribution in [-0.4, -0.2) is 47.0 Å². The average molecular weight is 491 g/mol. The van der Waals surface area contributed by atoms with Crippen LogP contribution in [0.5, 0.6) is 0 Å². The molecule has 1 aliphatic heterocycles. The van der Waals surface area contributed by atoms with E-state index in [1.807, 2.05) is 77.9 Å². The molecule has 1 unspecified atom stereocenters. The monoisotopic (exact) mass is 490 g/mol. The molecule has 6 aromatic rings.